The van der Waals surface area contributed by atoms with Gasteiger partial charge in [-0.1, -0.05) is 30.3 Å². The SMILES string of the molecule is Cc1c(C(=O)N2CCC(C)(O)CC2)sc2c1c(=O)n(CCc1ccccc1)c(=O)n2CCOC(F)(F)F. The number of aliphatic hydroxyl groups is 1. The van der Waals surface area contributed by atoms with Crippen LogP contribution in [-0.4, -0.2) is 56.7 Å². The summed E-state index contributed by atoms with van der Waals surface area (Å²) in [4.78, 5) is 42.1. The molecule has 8 nitrogen and oxygen atoms in total. The van der Waals surface area contributed by atoms with E-state index >= 15 is 0 Å². The van der Waals surface area contributed by atoms with Gasteiger partial charge >= 0.3 is 12.1 Å². The summed E-state index contributed by atoms with van der Waals surface area (Å²) in [5, 5.41) is 10.3. The summed E-state index contributed by atoms with van der Waals surface area (Å²) in [5.74, 6) is -0.338. The molecule has 0 aliphatic carbocycles. The van der Waals surface area contributed by atoms with Gasteiger partial charge < -0.3 is 10.0 Å². The van der Waals surface area contributed by atoms with Crippen molar-refractivity contribution in [2.75, 3.05) is 19.7 Å². The van der Waals surface area contributed by atoms with Crippen molar-refractivity contribution in [3.8, 4) is 0 Å². The lowest BCUT2D eigenvalue weighted by molar-refractivity contribution is -0.325. The smallest absolute Gasteiger partial charge is 0.390 e. The van der Waals surface area contributed by atoms with Crippen LogP contribution in [0.15, 0.2) is 39.9 Å². The predicted molar refractivity (Wildman–Crippen MR) is 133 cm³/mol. The highest BCUT2D eigenvalue weighted by molar-refractivity contribution is 7.20. The molecule has 0 unspecified atom stereocenters. The molecule has 1 amide bonds. The summed E-state index contributed by atoms with van der Waals surface area (Å²) >= 11 is 0.921. The van der Waals surface area contributed by atoms with Gasteiger partial charge in [0.05, 0.1) is 29.0 Å². The Morgan fingerprint density at radius 2 is 1.76 bits per heavy atom. The highest BCUT2D eigenvalue weighted by atomic mass is 32.1. The monoisotopic (exact) mass is 539 g/mol. The van der Waals surface area contributed by atoms with Crippen LogP contribution in [-0.2, 0) is 24.2 Å². The van der Waals surface area contributed by atoms with Crippen molar-refractivity contribution in [1.82, 2.24) is 14.0 Å². The van der Waals surface area contributed by atoms with Gasteiger partial charge in [0.1, 0.15) is 4.83 Å². The van der Waals surface area contributed by atoms with E-state index in [4.69, 9.17) is 0 Å². The van der Waals surface area contributed by atoms with Crippen molar-refractivity contribution in [2.24, 2.45) is 0 Å². The van der Waals surface area contributed by atoms with Gasteiger partial charge in [0.2, 0.25) is 0 Å². The molecular weight excluding hydrogens is 511 g/mol. The highest BCUT2D eigenvalue weighted by Crippen LogP contribution is 2.31. The van der Waals surface area contributed by atoms with Crippen LogP contribution < -0.4 is 11.2 Å². The Morgan fingerprint density at radius 1 is 1.11 bits per heavy atom. The van der Waals surface area contributed by atoms with Crippen LogP contribution in [0.4, 0.5) is 13.2 Å². The number of halogens is 3. The number of piperidine rings is 1. The number of aromatic nitrogens is 2. The average Bonchev–Trinajstić information content (AvgIpc) is 3.17. The molecule has 1 N–H and O–H groups in total. The van der Waals surface area contributed by atoms with Crippen molar-refractivity contribution in [3.63, 3.8) is 0 Å². The maximum atomic E-state index is 13.5. The molecule has 3 aromatic rings. The topological polar surface area (TPSA) is 93.8 Å². The lowest BCUT2D eigenvalue weighted by Gasteiger charge is -2.35. The zero-order valence-corrected chi connectivity index (χ0v) is 21.3. The van der Waals surface area contributed by atoms with E-state index in [0.29, 0.717) is 37.9 Å². The number of thiophene rings is 1. The minimum absolute atomic E-state index is 0.0253. The number of hydrogen-bond donors (Lipinski definition) is 1. The minimum Gasteiger partial charge on any atom is -0.390 e. The molecule has 0 atom stereocenters. The number of nitrogens with zero attached hydrogens (tertiary/aromatic N) is 3. The molecule has 1 aliphatic heterocycles. The second kappa shape index (κ2) is 10.4. The number of benzene rings is 1. The van der Waals surface area contributed by atoms with E-state index in [1.54, 1.807) is 18.7 Å². The summed E-state index contributed by atoms with van der Waals surface area (Å²) in [6.07, 6.45) is -3.71. The van der Waals surface area contributed by atoms with Crippen LogP contribution in [0.1, 0.15) is 40.6 Å². The fraction of sp³-hybridized carbons (Fsp3) is 0.480. The standard InChI is InChI=1S/C25H28F3N3O5S/c1-16-18-20(32)30(11-8-17-6-4-3-5-7-17)23(34)31(14-15-36-25(26,27)28)22(18)37-19(16)21(33)29-12-9-24(2,35)10-13-29/h3-7,35H,8-15H2,1-2H3. The Hall–Kier alpha value is -2.96. The normalized spacial score (nSPS) is 15.9. The summed E-state index contributed by atoms with van der Waals surface area (Å²) < 4.78 is 43.9. The Labute approximate surface area is 214 Å². The minimum atomic E-state index is -4.87. The van der Waals surface area contributed by atoms with E-state index in [2.05, 4.69) is 4.74 Å². The number of carbonyl (C=O) groups excluding carboxylic acids is 1. The third-order valence-electron chi connectivity index (χ3n) is 6.66. The quantitative estimate of drug-likeness (QED) is 0.498. The third-order valence-corrected chi connectivity index (χ3v) is 7.97. The Kier molecular flexibility index (Phi) is 7.63. The molecule has 1 aromatic carbocycles. The second-order valence-electron chi connectivity index (χ2n) is 9.45. The van der Waals surface area contributed by atoms with E-state index < -0.39 is 36.4 Å². The first-order valence-electron chi connectivity index (χ1n) is 11.9. The van der Waals surface area contributed by atoms with Crippen LogP contribution in [0.2, 0.25) is 0 Å². The number of carbonyl (C=O) groups is 1. The number of likely N-dealkylation sites (tertiary alicyclic amines) is 1. The number of ether oxygens (including phenoxy) is 1. The predicted octanol–water partition coefficient (Wildman–Crippen LogP) is 3.30. The number of hydrogen-bond acceptors (Lipinski definition) is 6. The zero-order chi connectivity index (χ0) is 27.0. The molecule has 200 valence electrons. The number of alkyl halides is 3. The number of fused-ring (bicyclic) bond motifs is 1. The molecule has 0 radical (unpaired) electrons. The molecule has 0 bridgehead atoms. The second-order valence-corrected chi connectivity index (χ2v) is 10.4. The fourth-order valence-electron chi connectivity index (χ4n) is 4.47. The number of amides is 1. The fourth-order valence-corrected chi connectivity index (χ4v) is 5.75. The zero-order valence-electron chi connectivity index (χ0n) is 20.5. The third kappa shape index (κ3) is 5.97. The van der Waals surface area contributed by atoms with Gasteiger partial charge in [-0.2, -0.15) is 0 Å². The van der Waals surface area contributed by atoms with Gasteiger partial charge in [-0.25, -0.2) is 4.79 Å². The van der Waals surface area contributed by atoms with E-state index in [0.717, 1.165) is 26.0 Å². The van der Waals surface area contributed by atoms with E-state index in [9.17, 15) is 32.7 Å². The van der Waals surface area contributed by atoms with Gasteiger partial charge in [0.15, 0.2) is 0 Å². The largest absolute Gasteiger partial charge is 0.522 e. The first-order chi connectivity index (χ1) is 17.4. The van der Waals surface area contributed by atoms with Crippen LogP contribution in [0.5, 0.6) is 0 Å². The lowest BCUT2D eigenvalue weighted by atomic mass is 9.94. The molecule has 1 fully saturated rings. The van der Waals surface area contributed by atoms with E-state index in [-0.39, 0.29) is 27.5 Å². The summed E-state index contributed by atoms with van der Waals surface area (Å²) in [7, 11) is 0. The van der Waals surface area contributed by atoms with Crippen LogP contribution in [0.25, 0.3) is 10.2 Å². The molecular formula is C25H28F3N3O5S. The average molecular weight is 540 g/mol. The Balaban J connectivity index is 1.76. The van der Waals surface area contributed by atoms with Gasteiger partial charge in [-0.15, -0.1) is 24.5 Å². The van der Waals surface area contributed by atoms with Gasteiger partial charge in [0, 0.05) is 19.6 Å². The molecule has 1 aliphatic rings. The molecule has 0 spiro atoms. The number of rotatable bonds is 7. The van der Waals surface area contributed by atoms with Crippen molar-refractivity contribution >= 4 is 27.5 Å². The molecule has 2 aromatic heterocycles. The number of aryl methyl sites for hydroxylation is 2. The highest BCUT2D eigenvalue weighted by Gasteiger charge is 2.33. The van der Waals surface area contributed by atoms with Gasteiger partial charge in [0.25, 0.3) is 11.5 Å². The summed E-state index contributed by atoms with van der Waals surface area (Å²) in [6, 6.07) is 9.19. The van der Waals surface area contributed by atoms with Gasteiger partial charge in [-0.3, -0.25) is 23.5 Å². The summed E-state index contributed by atoms with van der Waals surface area (Å²) in [5.41, 5.74) is -0.935. The Morgan fingerprint density at radius 3 is 2.38 bits per heavy atom. The molecule has 12 heteroatoms. The van der Waals surface area contributed by atoms with Gasteiger partial charge in [-0.05, 0) is 44.2 Å². The lowest BCUT2D eigenvalue weighted by Crippen LogP contribution is -2.45. The maximum Gasteiger partial charge on any atom is 0.522 e. The molecule has 4 rings (SSSR count). The van der Waals surface area contributed by atoms with Crippen LogP contribution >= 0.6 is 11.3 Å². The van der Waals surface area contributed by atoms with E-state index in [1.165, 1.54) is 0 Å². The van der Waals surface area contributed by atoms with Crippen molar-refractivity contribution in [3.05, 3.63) is 67.2 Å². The molecule has 1 saturated heterocycles. The Bertz CT molecular complexity index is 1400. The molecule has 37 heavy (non-hydrogen) atoms. The maximum absolute atomic E-state index is 13.5. The van der Waals surface area contributed by atoms with Crippen molar-refractivity contribution in [2.45, 2.75) is 58.2 Å². The van der Waals surface area contributed by atoms with Crippen LogP contribution in [0, 0.1) is 6.92 Å². The molecule has 3 heterocycles. The van der Waals surface area contributed by atoms with Crippen molar-refractivity contribution < 1.29 is 27.8 Å². The molecule has 0 saturated carbocycles. The van der Waals surface area contributed by atoms with E-state index in [1.807, 2.05) is 30.3 Å². The summed E-state index contributed by atoms with van der Waals surface area (Å²) in [6.45, 7) is 2.73. The first kappa shape index (κ1) is 27.1. The van der Waals surface area contributed by atoms with Crippen LogP contribution in [0.3, 0.4) is 0 Å². The first-order valence-corrected chi connectivity index (χ1v) is 12.7. The van der Waals surface area contributed by atoms with Crippen molar-refractivity contribution in [1.29, 1.82) is 0 Å².